The summed E-state index contributed by atoms with van der Waals surface area (Å²) < 4.78 is 1.10. The molecule has 2 aromatic rings. The number of rotatable bonds is 5. The molecule has 3 rings (SSSR count). The van der Waals surface area contributed by atoms with E-state index in [1.165, 1.54) is 0 Å². The Morgan fingerprint density at radius 1 is 1.36 bits per heavy atom. The molecule has 1 unspecified atom stereocenters. The smallest absolute Gasteiger partial charge is 0.330 e. The Bertz CT molecular complexity index is 675. The average Bonchev–Trinajstić information content (AvgIpc) is 3.11. The lowest BCUT2D eigenvalue weighted by molar-refractivity contribution is -0.146. The summed E-state index contributed by atoms with van der Waals surface area (Å²) in [6, 6.07) is 7.86. The van der Waals surface area contributed by atoms with Gasteiger partial charge in [-0.1, -0.05) is 12.1 Å². The minimum atomic E-state index is -1.09. The SMILES string of the molecule is O=C(CCc1nc2ccccc2s1)NC1(C(=O)O)CCSC1. The standard InChI is InChI=1S/C15H16N2O3S2/c18-12(17-15(14(19)20)7-8-21-9-15)5-6-13-16-10-3-1-2-4-11(10)22-13/h1-4H,5-9H2,(H,17,18)(H,19,20). The van der Waals surface area contributed by atoms with Gasteiger partial charge < -0.3 is 10.4 Å². The molecule has 1 atom stereocenters. The van der Waals surface area contributed by atoms with Gasteiger partial charge in [-0.3, -0.25) is 4.79 Å². The predicted molar refractivity (Wildman–Crippen MR) is 88.4 cm³/mol. The number of thiazole rings is 1. The quantitative estimate of drug-likeness (QED) is 0.876. The fraction of sp³-hybridized carbons (Fsp3) is 0.400. The van der Waals surface area contributed by atoms with E-state index in [1.54, 1.807) is 23.1 Å². The Morgan fingerprint density at radius 2 is 2.18 bits per heavy atom. The van der Waals surface area contributed by atoms with Crippen molar-refractivity contribution in [3.63, 3.8) is 0 Å². The molecule has 1 aromatic heterocycles. The lowest BCUT2D eigenvalue weighted by Crippen LogP contribution is -2.54. The highest BCUT2D eigenvalue weighted by Crippen LogP contribution is 2.28. The molecule has 0 bridgehead atoms. The van der Waals surface area contributed by atoms with E-state index in [4.69, 9.17) is 0 Å². The summed E-state index contributed by atoms with van der Waals surface area (Å²) in [5, 5.41) is 13.0. The van der Waals surface area contributed by atoms with Crippen LogP contribution >= 0.6 is 23.1 Å². The minimum absolute atomic E-state index is 0.218. The van der Waals surface area contributed by atoms with Gasteiger partial charge in [0, 0.05) is 18.6 Å². The number of thioether (sulfide) groups is 1. The Kier molecular flexibility index (Phi) is 4.35. The second-order valence-corrected chi connectivity index (χ2v) is 7.53. The zero-order chi connectivity index (χ0) is 15.6. The largest absolute Gasteiger partial charge is 0.479 e. The van der Waals surface area contributed by atoms with Crippen LogP contribution in [0, 0.1) is 0 Å². The first kappa shape index (κ1) is 15.3. The maximum atomic E-state index is 12.1. The van der Waals surface area contributed by atoms with Gasteiger partial charge in [0.15, 0.2) is 0 Å². The molecule has 1 aliphatic heterocycles. The average molecular weight is 336 g/mol. The van der Waals surface area contributed by atoms with Gasteiger partial charge in [0.25, 0.3) is 0 Å². The van der Waals surface area contributed by atoms with Crippen molar-refractivity contribution in [3.8, 4) is 0 Å². The molecule has 7 heteroatoms. The van der Waals surface area contributed by atoms with Gasteiger partial charge in [0.1, 0.15) is 5.54 Å². The van der Waals surface area contributed by atoms with Crippen LogP contribution in [0.25, 0.3) is 10.2 Å². The Hall–Kier alpha value is -1.60. The molecular weight excluding hydrogens is 320 g/mol. The number of aliphatic carboxylic acids is 1. The van der Waals surface area contributed by atoms with Gasteiger partial charge in [-0.2, -0.15) is 11.8 Å². The third-order valence-corrected chi connectivity index (χ3v) is 6.00. The van der Waals surface area contributed by atoms with Crippen molar-refractivity contribution in [2.75, 3.05) is 11.5 Å². The van der Waals surface area contributed by atoms with Crippen LogP contribution in [-0.4, -0.2) is 39.0 Å². The van der Waals surface area contributed by atoms with Gasteiger partial charge in [-0.05, 0) is 24.3 Å². The molecule has 1 fully saturated rings. The number of benzene rings is 1. The summed E-state index contributed by atoms with van der Waals surface area (Å²) in [5.74, 6) is 0.0506. The summed E-state index contributed by atoms with van der Waals surface area (Å²) in [5.41, 5.74) is -0.146. The van der Waals surface area contributed by atoms with Crippen LogP contribution in [0.15, 0.2) is 24.3 Å². The zero-order valence-electron chi connectivity index (χ0n) is 11.9. The van der Waals surface area contributed by atoms with Crippen molar-refractivity contribution < 1.29 is 14.7 Å². The van der Waals surface area contributed by atoms with Crippen LogP contribution in [0.3, 0.4) is 0 Å². The van der Waals surface area contributed by atoms with Gasteiger partial charge in [-0.25, -0.2) is 9.78 Å². The molecule has 116 valence electrons. The van der Waals surface area contributed by atoms with Gasteiger partial charge >= 0.3 is 5.97 Å². The van der Waals surface area contributed by atoms with Crippen molar-refractivity contribution in [1.29, 1.82) is 0 Å². The monoisotopic (exact) mass is 336 g/mol. The van der Waals surface area contributed by atoms with E-state index in [9.17, 15) is 14.7 Å². The molecule has 1 amide bonds. The Balaban J connectivity index is 1.61. The van der Waals surface area contributed by atoms with E-state index in [-0.39, 0.29) is 12.3 Å². The fourth-order valence-electron chi connectivity index (χ4n) is 2.46. The van der Waals surface area contributed by atoms with E-state index in [0.717, 1.165) is 21.0 Å². The van der Waals surface area contributed by atoms with Crippen LogP contribution in [0.1, 0.15) is 17.8 Å². The molecule has 1 aliphatic rings. The van der Waals surface area contributed by atoms with Crippen LogP contribution in [0.5, 0.6) is 0 Å². The van der Waals surface area contributed by atoms with Crippen LogP contribution in [0.2, 0.25) is 0 Å². The molecule has 0 aliphatic carbocycles. The molecule has 1 saturated heterocycles. The number of carboxylic acid groups (broad SMARTS) is 1. The number of carbonyl (C=O) groups excluding carboxylic acids is 1. The molecule has 2 N–H and O–H groups in total. The lowest BCUT2D eigenvalue weighted by atomic mass is 9.99. The summed E-state index contributed by atoms with van der Waals surface area (Å²) in [6.07, 6.45) is 1.29. The van der Waals surface area contributed by atoms with Crippen molar-refractivity contribution in [1.82, 2.24) is 10.3 Å². The maximum absolute atomic E-state index is 12.1. The number of nitrogens with zero attached hydrogens (tertiary/aromatic N) is 1. The van der Waals surface area contributed by atoms with Crippen LogP contribution in [0.4, 0.5) is 0 Å². The third-order valence-electron chi connectivity index (χ3n) is 3.71. The zero-order valence-corrected chi connectivity index (χ0v) is 13.5. The number of nitrogens with one attached hydrogen (secondary N) is 1. The number of aromatic nitrogens is 1. The Labute approximate surface area is 136 Å². The predicted octanol–water partition coefficient (Wildman–Crippen LogP) is 2.31. The highest BCUT2D eigenvalue weighted by atomic mass is 32.2. The first-order valence-electron chi connectivity index (χ1n) is 7.06. The van der Waals surface area contributed by atoms with Crippen molar-refractivity contribution in [2.45, 2.75) is 24.8 Å². The molecule has 2 heterocycles. The van der Waals surface area contributed by atoms with Gasteiger partial charge in [0.2, 0.25) is 5.91 Å². The van der Waals surface area contributed by atoms with Crippen LogP contribution < -0.4 is 5.32 Å². The highest BCUT2D eigenvalue weighted by molar-refractivity contribution is 7.99. The van der Waals surface area contributed by atoms with Crippen molar-refractivity contribution in [3.05, 3.63) is 29.3 Å². The van der Waals surface area contributed by atoms with E-state index >= 15 is 0 Å². The van der Waals surface area contributed by atoms with E-state index in [0.29, 0.717) is 18.6 Å². The lowest BCUT2D eigenvalue weighted by Gasteiger charge is -2.24. The fourth-order valence-corrected chi connectivity index (χ4v) is 4.75. The number of hydrogen-bond donors (Lipinski definition) is 2. The normalized spacial score (nSPS) is 21.1. The molecule has 1 aromatic carbocycles. The number of fused-ring (bicyclic) bond motifs is 1. The topological polar surface area (TPSA) is 79.3 Å². The second-order valence-electron chi connectivity index (χ2n) is 5.31. The second kappa shape index (κ2) is 6.26. The Morgan fingerprint density at radius 3 is 2.86 bits per heavy atom. The van der Waals surface area contributed by atoms with Gasteiger partial charge in [0.05, 0.1) is 15.2 Å². The van der Waals surface area contributed by atoms with Gasteiger partial charge in [-0.15, -0.1) is 11.3 Å². The van der Waals surface area contributed by atoms with E-state index in [2.05, 4.69) is 10.3 Å². The van der Waals surface area contributed by atoms with Crippen LogP contribution in [-0.2, 0) is 16.0 Å². The summed E-state index contributed by atoms with van der Waals surface area (Å²) >= 11 is 3.14. The summed E-state index contributed by atoms with van der Waals surface area (Å²) in [6.45, 7) is 0. The maximum Gasteiger partial charge on any atom is 0.330 e. The minimum Gasteiger partial charge on any atom is -0.479 e. The molecule has 0 radical (unpaired) electrons. The molecule has 0 spiro atoms. The molecule has 5 nitrogen and oxygen atoms in total. The first-order valence-corrected chi connectivity index (χ1v) is 9.03. The molecule has 22 heavy (non-hydrogen) atoms. The highest BCUT2D eigenvalue weighted by Gasteiger charge is 2.43. The summed E-state index contributed by atoms with van der Waals surface area (Å²) in [4.78, 5) is 28.0. The van der Waals surface area contributed by atoms with Crippen molar-refractivity contribution >= 4 is 45.2 Å². The molecular formula is C15H16N2O3S2. The number of carbonyl (C=O) groups is 2. The first-order chi connectivity index (χ1) is 10.6. The van der Waals surface area contributed by atoms with E-state index < -0.39 is 11.5 Å². The third kappa shape index (κ3) is 3.10. The number of amides is 1. The number of carboxylic acids is 1. The van der Waals surface area contributed by atoms with Crippen molar-refractivity contribution in [2.24, 2.45) is 0 Å². The van der Waals surface area contributed by atoms with E-state index in [1.807, 2.05) is 24.3 Å². The number of para-hydroxylation sites is 1. The summed E-state index contributed by atoms with van der Waals surface area (Å²) in [7, 11) is 0. The number of aryl methyl sites for hydroxylation is 1. The molecule has 0 saturated carbocycles. The number of hydrogen-bond acceptors (Lipinski definition) is 5.